The minimum Gasteiger partial charge on any atom is -0.452 e. The molecular formula is C17H17ClN4O3. The van der Waals surface area contributed by atoms with Crippen LogP contribution in [0.1, 0.15) is 28.0 Å². The Hall–Kier alpha value is -2.85. The lowest BCUT2D eigenvalue weighted by Gasteiger charge is -2.06. The number of ether oxygens (including phenoxy) is 1. The van der Waals surface area contributed by atoms with E-state index >= 15 is 0 Å². The Balaban J connectivity index is 2.00. The number of benzene rings is 1. The highest BCUT2D eigenvalue weighted by atomic mass is 35.5. The highest BCUT2D eigenvalue weighted by molar-refractivity contribution is 6.32. The van der Waals surface area contributed by atoms with Crippen LogP contribution in [0.2, 0.25) is 5.15 Å². The van der Waals surface area contributed by atoms with E-state index in [-0.39, 0.29) is 23.7 Å². The second kappa shape index (κ2) is 8.85. The standard InChI is InChI=1S/C17H17ClN4O3/c1-12-15(17(24)25-11-14(23)20-9-5-8-19)16(18)22(21-12)10-13-6-3-2-4-7-13/h2-4,6-7H,5,9-11H2,1H3,(H,20,23). The van der Waals surface area contributed by atoms with Crippen molar-refractivity contribution in [1.82, 2.24) is 15.1 Å². The number of aromatic nitrogens is 2. The Morgan fingerprint density at radius 3 is 2.76 bits per heavy atom. The van der Waals surface area contributed by atoms with Crippen LogP contribution in [0.15, 0.2) is 30.3 Å². The summed E-state index contributed by atoms with van der Waals surface area (Å²) >= 11 is 6.26. The van der Waals surface area contributed by atoms with Gasteiger partial charge in [-0.15, -0.1) is 0 Å². The number of esters is 1. The first-order valence-electron chi connectivity index (χ1n) is 7.60. The van der Waals surface area contributed by atoms with E-state index in [2.05, 4.69) is 10.4 Å². The zero-order valence-electron chi connectivity index (χ0n) is 13.7. The molecule has 0 saturated carbocycles. The van der Waals surface area contributed by atoms with E-state index in [4.69, 9.17) is 21.6 Å². The van der Waals surface area contributed by atoms with Gasteiger partial charge in [0.15, 0.2) is 6.61 Å². The summed E-state index contributed by atoms with van der Waals surface area (Å²) in [5, 5.41) is 15.3. The van der Waals surface area contributed by atoms with Crippen molar-refractivity contribution in [3.05, 3.63) is 52.3 Å². The van der Waals surface area contributed by atoms with Gasteiger partial charge in [0.25, 0.3) is 5.91 Å². The maximum Gasteiger partial charge on any atom is 0.343 e. The molecule has 130 valence electrons. The Kier molecular flexibility index (Phi) is 6.54. The summed E-state index contributed by atoms with van der Waals surface area (Å²) in [6, 6.07) is 11.5. The van der Waals surface area contributed by atoms with Gasteiger partial charge in [-0.05, 0) is 12.5 Å². The highest BCUT2D eigenvalue weighted by Gasteiger charge is 2.22. The molecule has 1 N–H and O–H groups in total. The zero-order chi connectivity index (χ0) is 18.2. The minimum atomic E-state index is -0.711. The van der Waals surface area contributed by atoms with E-state index in [1.54, 1.807) is 6.92 Å². The average molecular weight is 361 g/mol. The highest BCUT2D eigenvalue weighted by Crippen LogP contribution is 2.21. The van der Waals surface area contributed by atoms with Crippen LogP contribution in [0.25, 0.3) is 0 Å². The van der Waals surface area contributed by atoms with Gasteiger partial charge in [0.1, 0.15) is 10.7 Å². The second-order valence-electron chi connectivity index (χ2n) is 5.23. The smallest absolute Gasteiger partial charge is 0.343 e. The summed E-state index contributed by atoms with van der Waals surface area (Å²) in [7, 11) is 0. The molecule has 0 radical (unpaired) electrons. The molecule has 7 nitrogen and oxygen atoms in total. The molecule has 0 bridgehead atoms. The van der Waals surface area contributed by atoms with Crippen molar-refractivity contribution in [3.63, 3.8) is 0 Å². The fourth-order valence-corrected chi connectivity index (χ4v) is 2.47. The molecular weight excluding hydrogens is 344 g/mol. The van der Waals surface area contributed by atoms with Crippen LogP contribution in [-0.2, 0) is 16.1 Å². The quantitative estimate of drug-likeness (QED) is 0.602. The minimum absolute atomic E-state index is 0.141. The van der Waals surface area contributed by atoms with Gasteiger partial charge in [0.05, 0.1) is 24.7 Å². The number of rotatable bonds is 7. The van der Waals surface area contributed by atoms with Crippen LogP contribution < -0.4 is 5.32 Å². The topological polar surface area (TPSA) is 97.0 Å². The third-order valence-electron chi connectivity index (χ3n) is 3.34. The second-order valence-corrected chi connectivity index (χ2v) is 5.59. The summed E-state index contributed by atoms with van der Waals surface area (Å²) in [4.78, 5) is 23.7. The number of carbonyl (C=O) groups excluding carboxylic acids is 2. The van der Waals surface area contributed by atoms with Gasteiger partial charge in [-0.1, -0.05) is 41.9 Å². The number of nitrogens with one attached hydrogen (secondary N) is 1. The summed E-state index contributed by atoms with van der Waals surface area (Å²) < 4.78 is 6.48. The number of nitrogens with zero attached hydrogens (tertiary/aromatic N) is 3. The van der Waals surface area contributed by atoms with Gasteiger partial charge in [0.2, 0.25) is 0 Å². The van der Waals surface area contributed by atoms with E-state index in [9.17, 15) is 9.59 Å². The van der Waals surface area contributed by atoms with Crippen LogP contribution in [0, 0.1) is 18.3 Å². The van der Waals surface area contributed by atoms with Gasteiger partial charge in [0, 0.05) is 6.54 Å². The Bertz CT molecular complexity index is 796. The van der Waals surface area contributed by atoms with Crippen molar-refractivity contribution in [2.45, 2.75) is 19.9 Å². The predicted octanol–water partition coefficient (Wildman–Crippen LogP) is 2.08. The molecule has 0 spiro atoms. The Morgan fingerprint density at radius 2 is 2.08 bits per heavy atom. The number of hydrogen-bond donors (Lipinski definition) is 1. The van der Waals surface area contributed by atoms with Crippen molar-refractivity contribution in [3.8, 4) is 6.07 Å². The maximum atomic E-state index is 12.2. The first-order chi connectivity index (χ1) is 12.0. The van der Waals surface area contributed by atoms with E-state index in [0.29, 0.717) is 12.2 Å². The van der Waals surface area contributed by atoms with Crippen LogP contribution in [-0.4, -0.2) is 34.8 Å². The van der Waals surface area contributed by atoms with Crippen LogP contribution >= 0.6 is 11.6 Å². The van der Waals surface area contributed by atoms with E-state index in [1.807, 2.05) is 36.4 Å². The van der Waals surface area contributed by atoms with Crippen LogP contribution in [0.4, 0.5) is 0 Å². The number of nitriles is 1. The predicted molar refractivity (Wildman–Crippen MR) is 91.0 cm³/mol. The Labute approximate surface area is 150 Å². The number of aryl methyl sites for hydroxylation is 1. The molecule has 1 amide bonds. The molecule has 2 aromatic rings. The Morgan fingerprint density at radius 1 is 1.36 bits per heavy atom. The summed E-state index contributed by atoms with van der Waals surface area (Å²) in [5.41, 5.74) is 1.56. The molecule has 1 aromatic carbocycles. The molecule has 2 rings (SSSR count). The van der Waals surface area contributed by atoms with E-state index in [0.717, 1.165) is 5.56 Å². The number of carbonyl (C=O) groups is 2. The van der Waals surface area contributed by atoms with Gasteiger partial charge in [-0.3, -0.25) is 4.79 Å². The lowest BCUT2D eigenvalue weighted by Crippen LogP contribution is -2.29. The van der Waals surface area contributed by atoms with Gasteiger partial charge in [-0.2, -0.15) is 10.4 Å². The normalized spacial score (nSPS) is 10.1. The maximum absolute atomic E-state index is 12.2. The van der Waals surface area contributed by atoms with Crippen molar-refractivity contribution >= 4 is 23.5 Å². The van der Waals surface area contributed by atoms with E-state index < -0.39 is 18.5 Å². The molecule has 1 aromatic heterocycles. The molecule has 0 unspecified atom stereocenters. The van der Waals surface area contributed by atoms with Crippen LogP contribution in [0.5, 0.6) is 0 Å². The van der Waals surface area contributed by atoms with Crippen molar-refractivity contribution in [2.24, 2.45) is 0 Å². The summed E-state index contributed by atoms with van der Waals surface area (Å²) in [6.07, 6.45) is 0.191. The van der Waals surface area contributed by atoms with Crippen molar-refractivity contribution < 1.29 is 14.3 Å². The third-order valence-corrected chi connectivity index (χ3v) is 3.72. The first-order valence-corrected chi connectivity index (χ1v) is 7.98. The average Bonchev–Trinajstić information content (AvgIpc) is 2.87. The summed E-state index contributed by atoms with van der Waals surface area (Å²) in [5.74, 6) is -1.19. The van der Waals surface area contributed by atoms with Crippen molar-refractivity contribution in [2.75, 3.05) is 13.2 Å². The molecule has 25 heavy (non-hydrogen) atoms. The molecule has 0 atom stereocenters. The molecule has 0 aliphatic heterocycles. The summed E-state index contributed by atoms with van der Waals surface area (Å²) in [6.45, 7) is 1.84. The molecule has 8 heteroatoms. The molecule has 0 aliphatic rings. The van der Waals surface area contributed by atoms with Gasteiger partial charge >= 0.3 is 5.97 Å². The fraction of sp³-hybridized carbons (Fsp3) is 0.294. The molecule has 0 saturated heterocycles. The molecule has 0 fully saturated rings. The third kappa shape index (κ3) is 5.06. The lowest BCUT2D eigenvalue weighted by molar-refractivity contribution is -0.124. The largest absolute Gasteiger partial charge is 0.452 e. The molecule has 1 heterocycles. The fourth-order valence-electron chi connectivity index (χ4n) is 2.16. The first kappa shape index (κ1) is 18.5. The SMILES string of the molecule is Cc1nn(Cc2ccccc2)c(Cl)c1C(=O)OCC(=O)NCCC#N. The lowest BCUT2D eigenvalue weighted by atomic mass is 10.2. The van der Waals surface area contributed by atoms with Gasteiger partial charge in [-0.25, -0.2) is 9.48 Å². The number of amides is 1. The number of hydrogen-bond acceptors (Lipinski definition) is 5. The number of halogens is 1. The van der Waals surface area contributed by atoms with E-state index in [1.165, 1.54) is 4.68 Å². The zero-order valence-corrected chi connectivity index (χ0v) is 14.4. The molecule has 0 aliphatic carbocycles. The van der Waals surface area contributed by atoms with Crippen molar-refractivity contribution in [1.29, 1.82) is 5.26 Å². The monoisotopic (exact) mass is 360 g/mol. The van der Waals surface area contributed by atoms with Crippen LogP contribution in [0.3, 0.4) is 0 Å². The van der Waals surface area contributed by atoms with Gasteiger partial charge < -0.3 is 10.1 Å².